The highest BCUT2D eigenvalue weighted by molar-refractivity contribution is 5.95. The third-order valence-electron chi connectivity index (χ3n) is 1.98. The van der Waals surface area contributed by atoms with Crippen LogP contribution in [0, 0.1) is 28.5 Å². The van der Waals surface area contributed by atoms with Gasteiger partial charge in [0.1, 0.15) is 18.9 Å². The van der Waals surface area contributed by atoms with E-state index in [1.54, 1.807) is 12.1 Å². The normalized spacial score (nSPS) is 9.12. The van der Waals surface area contributed by atoms with Gasteiger partial charge in [0.15, 0.2) is 0 Å². The number of hydrogen-bond acceptors (Lipinski definition) is 4. The number of hydrogen-bond donors (Lipinski definition) is 1. The zero-order chi connectivity index (χ0) is 12.8. The van der Waals surface area contributed by atoms with Crippen molar-refractivity contribution in [2.24, 2.45) is 0 Å². The minimum atomic E-state index is -0.637. The lowest BCUT2D eigenvalue weighted by atomic mass is 10.1. The zero-order valence-electron chi connectivity index (χ0n) is 8.85. The van der Waals surface area contributed by atoms with Crippen LogP contribution in [0.1, 0.15) is 10.4 Å². The van der Waals surface area contributed by atoms with Crippen LogP contribution in [-0.2, 0) is 0 Å². The van der Waals surface area contributed by atoms with Crippen molar-refractivity contribution in [3.8, 4) is 12.1 Å². The number of carbonyl (C=O) groups is 1. The summed E-state index contributed by atoms with van der Waals surface area (Å²) in [7, 11) is 0. The molecule has 1 rings (SSSR count). The van der Waals surface area contributed by atoms with Gasteiger partial charge in [-0.15, -0.1) is 0 Å². The fourth-order valence-corrected chi connectivity index (χ4v) is 1.29. The Bertz CT molecular complexity index is 479. The molecule has 1 aromatic carbocycles. The molecule has 2 N–H and O–H groups in total. The topological polar surface area (TPSA) is 93.9 Å². The van der Waals surface area contributed by atoms with E-state index in [4.69, 9.17) is 16.3 Å². The van der Waals surface area contributed by atoms with Gasteiger partial charge in [0, 0.05) is 11.3 Å². The van der Waals surface area contributed by atoms with Gasteiger partial charge in [-0.25, -0.2) is 4.39 Å². The highest BCUT2D eigenvalue weighted by Crippen LogP contribution is 2.12. The first-order chi connectivity index (χ1) is 8.08. The van der Waals surface area contributed by atoms with Gasteiger partial charge in [-0.1, -0.05) is 0 Å². The van der Waals surface area contributed by atoms with Gasteiger partial charge in [0.25, 0.3) is 5.91 Å². The van der Waals surface area contributed by atoms with E-state index in [-0.39, 0.29) is 24.3 Å². The molecular weight excluding hydrogens is 223 g/mol. The minimum absolute atomic E-state index is 0.0213. The van der Waals surface area contributed by atoms with Crippen molar-refractivity contribution in [1.29, 1.82) is 10.5 Å². The highest BCUT2D eigenvalue weighted by atomic mass is 19.1. The van der Waals surface area contributed by atoms with Gasteiger partial charge in [-0.05, 0) is 18.2 Å². The molecule has 0 heterocycles. The fraction of sp³-hybridized carbons (Fsp3) is 0.182. The molecule has 0 aliphatic heterocycles. The van der Waals surface area contributed by atoms with E-state index >= 15 is 0 Å². The molecule has 0 bridgehead atoms. The lowest BCUT2D eigenvalue weighted by Crippen LogP contribution is -2.31. The van der Waals surface area contributed by atoms with E-state index < -0.39 is 11.7 Å². The van der Waals surface area contributed by atoms with Crippen molar-refractivity contribution in [2.45, 2.75) is 0 Å². The second kappa shape index (κ2) is 5.47. The third kappa shape index (κ3) is 3.18. The molecule has 0 unspecified atom stereocenters. The third-order valence-corrected chi connectivity index (χ3v) is 1.98. The molecule has 0 saturated carbocycles. The molecule has 0 spiro atoms. The van der Waals surface area contributed by atoms with Gasteiger partial charge in [0.2, 0.25) is 0 Å². The Labute approximate surface area is 97.5 Å². The van der Waals surface area contributed by atoms with E-state index in [0.29, 0.717) is 0 Å². The number of nitrogen functional groups attached to an aromatic ring is 1. The first-order valence-electron chi connectivity index (χ1n) is 4.67. The Balaban J connectivity index is 3.02. The summed E-state index contributed by atoms with van der Waals surface area (Å²) in [6.45, 7) is -0.467. The van der Waals surface area contributed by atoms with Crippen molar-refractivity contribution >= 4 is 11.6 Å². The van der Waals surface area contributed by atoms with Crippen molar-refractivity contribution < 1.29 is 9.18 Å². The molecular formula is C11H9FN4O. The number of nitrogens with zero attached hydrogens (tertiary/aromatic N) is 3. The maximum absolute atomic E-state index is 13.0. The molecule has 6 heteroatoms. The Kier molecular flexibility index (Phi) is 4.02. The average Bonchev–Trinajstić information content (AvgIpc) is 2.26. The summed E-state index contributed by atoms with van der Waals surface area (Å²) in [5.41, 5.74) is 5.54. The van der Waals surface area contributed by atoms with Crippen molar-refractivity contribution in [3.63, 3.8) is 0 Å². The van der Waals surface area contributed by atoms with Gasteiger partial charge < -0.3 is 10.6 Å². The van der Waals surface area contributed by atoms with Crippen molar-refractivity contribution in [3.05, 3.63) is 29.6 Å². The quantitative estimate of drug-likeness (QED) is 0.618. The molecule has 0 radical (unpaired) electrons. The van der Waals surface area contributed by atoms with E-state index in [1.807, 2.05) is 0 Å². The number of amides is 1. The summed E-state index contributed by atoms with van der Waals surface area (Å²) >= 11 is 0. The number of halogens is 1. The molecule has 1 aromatic rings. The summed E-state index contributed by atoms with van der Waals surface area (Å²) in [5.74, 6) is -1.23. The van der Waals surface area contributed by atoms with Crippen LogP contribution < -0.4 is 5.73 Å². The summed E-state index contributed by atoms with van der Waals surface area (Å²) in [6.07, 6.45) is 0. The number of rotatable bonds is 3. The van der Waals surface area contributed by atoms with Crippen LogP contribution in [0.15, 0.2) is 18.2 Å². The molecule has 86 valence electrons. The second-order valence-electron chi connectivity index (χ2n) is 3.25. The zero-order valence-corrected chi connectivity index (χ0v) is 8.85. The van der Waals surface area contributed by atoms with Crippen molar-refractivity contribution in [2.75, 3.05) is 18.8 Å². The van der Waals surface area contributed by atoms with E-state index in [0.717, 1.165) is 17.0 Å². The maximum atomic E-state index is 13.0. The van der Waals surface area contributed by atoms with Crippen LogP contribution in [0.5, 0.6) is 0 Å². The van der Waals surface area contributed by atoms with Gasteiger partial charge in [0.05, 0.1) is 12.1 Å². The number of carbonyl (C=O) groups excluding carboxylic acids is 1. The molecule has 1 amide bonds. The lowest BCUT2D eigenvalue weighted by molar-refractivity contribution is 0.0794. The molecule has 0 aliphatic rings. The Morgan fingerprint density at radius 1 is 1.29 bits per heavy atom. The summed E-state index contributed by atoms with van der Waals surface area (Å²) in [5, 5.41) is 17.0. The van der Waals surface area contributed by atoms with Crippen LogP contribution in [0.4, 0.5) is 10.1 Å². The summed E-state index contributed by atoms with van der Waals surface area (Å²) < 4.78 is 13.0. The number of anilines is 1. The van der Waals surface area contributed by atoms with Gasteiger partial charge >= 0.3 is 0 Å². The predicted octanol–water partition coefficient (Wildman–Crippen LogP) is 0.897. The van der Waals surface area contributed by atoms with E-state index in [9.17, 15) is 9.18 Å². The van der Waals surface area contributed by atoms with E-state index in [1.165, 1.54) is 6.07 Å². The monoisotopic (exact) mass is 232 g/mol. The van der Waals surface area contributed by atoms with E-state index in [2.05, 4.69) is 0 Å². The first-order valence-corrected chi connectivity index (χ1v) is 4.67. The Hall–Kier alpha value is -2.60. The number of benzene rings is 1. The van der Waals surface area contributed by atoms with Gasteiger partial charge in [-0.3, -0.25) is 4.79 Å². The number of nitriles is 2. The minimum Gasteiger partial charge on any atom is -0.399 e. The molecule has 0 saturated heterocycles. The molecule has 0 aliphatic carbocycles. The Morgan fingerprint density at radius 2 is 1.88 bits per heavy atom. The summed E-state index contributed by atoms with van der Waals surface area (Å²) in [6, 6.07) is 6.92. The SMILES string of the molecule is N#CCN(CC#N)C(=O)c1cc(N)cc(F)c1. The first kappa shape index (κ1) is 12.5. The lowest BCUT2D eigenvalue weighted by Gasteiger charge is -2.15. The molecule has 0 fully saturated rings. The Morgan fingerprint density at radius 3 is 2.35 bits per heavy atom. The van der Waals surface area contributed by atoms with Gasteiger partial charge in [-0.2, -0.15) is 10.5 Å². The second-order valence-corrected chi connectivity index (χ2v) is 3.25. The predicted molar refractivity (Wildman–Crippen MR) is 57.9 cm³/mol. The summed E-state index contributed by atoms with van der Waals surface area (Å²) in [4.78, 5) is 12.8. The average molecular weight is 232 g/mol. The van der Waals surface area contributed by atoms with Crippen molar-refractivity contribution in [1.82, 2.24) is 4.90 Å². The maximum Gasteiger partial charge on any atom is 0.255 e. The molecule has 0 atom stereocenters. The largest absolute Gasteiger partial charge is 0.399 e. The molecule has 5 nitrogen and oxygen atoms in total. The molecule has 17 heavy (non-hydrogen) atoms. The van der Waals surface area contributed by atoms with Crippen LogP contribution in [0.2, 0.25) is 0 Å². The fourth-order valence-electron chi connectivity index (χ4n) is 1.29. The van der Waals surface area contributed by atoms with Crippen LogP contribution >= 0.6 is 0 Å². The van der Waals surface area contributed by atoms with Crippen LogP contribution in [0.3, 0.4) is 0 Å². The molecule has 0 aromatic heterocycles. The van der Waals surface area contributed by atoms with Crippen LogP contribution in [-0.4, -0.2) is 23.9 Å². The highest BCUT2D eigenvalue weighted by Gasteiger charge is 2.16. The standard InChI is InChI=1S/C11H9FN4O/c12-9-5-8(6-10(15)7-9)11(17)16(3-1-13)4-2-14/h5-7H,3-4,15H2. The smallest absolute Gasteiger partial charge is 0.255 e. The number of nitrogens with two attached hydrogens (primary N) is 1. The van der Waals surface area contributed by atoms with Crippen LogP contribution in [0.25, 0.3) is 0 Å².